The number of hydrogen-bond acceptors (Lipinski definition) is 4. The molecule has 2 N–H and O–H groups in total. The van der Waals surface area contributed by atoms with E-state index in [1.807, 2.05) is 0 Å². The number of nitrogens with zero attached hydrogens (tertiary/aromatic N) is 2. The van der Waals surface area contributed by atoms with Crippen LogP contribution in [0.1, 0.15) is 30.8 Å². The number of methoxy groups -OCH3 is 1. The molecule has 29 heavy (non-hydrogen) atoms. The van der Waals surface area contributed by atoms with Gasteiger partial charge in [0.25, 0.3) is 12.0 Å². The second-order valence-electron chi connectivity index (χ2n) is 6.18. The molecular weight excluding hydrogens is 408 g/mol. The summed E-state index contributed by atoms with van der Waals surface area (Å²) in [5, 5.41) is 11.5. The molecule has 3 rings (SSSR count). The highest BCUT2D eigenvalue weighted by atomic mass is 35.5. The van der Waals surface area contributed by atoms with Gasteiger partial charge in [0.05, 0.1) is 34.8 Å². The molecule has 1 amide bonds. The van der Waals surface area contributed by atoms with E-state index in [9.17, 15) is 18.4 Å². The molecule has 1 atom stereocenters. The van der Waals surface area contributed by atoms with E-state index in [1.54, 1.807) is 12.1 Å². The van der Waals surface area contributed by atoms with E-state index in [-0.39, 0.29) is 38.8 Å². The minimum absolute atomic E-state index is 0.0145. The van der Waals surface area contributed by atoms with Crippen LogP contribution >= 0.6 is 11.6 Å². The predicted octanol–water partition coefficient (Wildman–Crippen LogP) is 4.31. The van der Waals surface area contributed by atoms with Crippen molar-refractivity contribution in [1.82, 2.24) is 14.9 Å². The lowest BCUT2D eigenvalue weighted by Gasteiger charge is -2.20. The average Bonchev–Trinajstić information content (AvgIpc) is 2.66. The number of benzene rings is 2. The number of halogens is 3. The third-order valence-electron chi connectivity index (χ3n) is 4.26. The highest BCUT2D eigenvalue weighted by Crippen LogP contribution is 2.29. The van der Waals surface area contributed by atoms with Gasteiger partial charge in [0.2, 0.25) is 0 Å². The standard InChI is InChI=1S/C19H16ClF2N3O4/c1-9(23-19(27)28)17-24-14-5-3-4-13(20)15(14)18(26)25(17)11-6-10(16(21)22)7-12(8-11)29-2/h3-9,16,23H,1-2H3,(H,27,28). The molecule has 0 aliphatic carbocycles. The number of nitrogens with one attached hydrogen (secondary N) is 1. The van der Waals surface area contributed by atoms with E-state index < -0.39 is 24.1 Å². The van der Waals surface area contributed by atoms with Crippen LogP contribution in [0, 0.1) is 0 Å². The molecular formula is C19H16ClF2N3O4. The summed E-state index contributed by atoms with van der Waals surface area (Å²) in [7, 11) is 1.31. The van der Waals surface area contributed by atoms with Crippen LogP contribution in [0.5, 0.6) is 5.75 Å². The van der Waals surface area contributed by atoms with Crippen molar-refractivity contribution in [2.45, 2.75) is 19.4 Å². The van der Waals surface area contributed by atoms with Crippen LogP contribution in [0.2, 0.25) is 5.02 Å². The van der Waals surface area contributed by atoms with Crippen LogP contribution in [0.3, 0.4) is 0 Å². The Kier molecular flexibility index (Phi) is 5.69. The first-order valence-corrected chi connectivity index (χ1v) is 8.79. The van der Waals surface area contributed by atoms with Crippen molar-refractivity contribution in [2.75, 3.05) is 7.11 Å². The molecule has 10 heteroatoms. The summed E-state index contributed by atoms with van der Waals surface area (Å²) < 4.78 is 32.9. The van der Waals surface area contributed by atoms with Gasteiger partial charge < -0.3 is 15.2 Å². The number of aromatic nitrogens is 2. The molecule has 0 fully saturated rings. The third-order valence-corrected chi connectivity index (χ3v) is 4.57. The average molecular weight is 424 g/mol. The van der Waals surface area contributed by atoms with Crippen LogP contribution in [-0.4, -0.2) is 27.9 Å². The number of rotatable bonds is 5. The summed E-state index contributed by atoms with van der Waals surface area (Å²) >= 11 is 6.17. The summed E-state index contributed by atoms with van der Waals surface area (Å²) in [4.78, 5) is 28.8. The smallest absolute Gasteiger partial charge is 0.405 e. The van der Waals surface area contributed by atoms with Gasteiger partial charge in [-0.3, -0.25) is 9.36 Å². The zero-order chi connectivity index (χ0) is 21.3. The normalized spacial score (nSPS) is 12.2. The topological polar surface area (TPSA) is 93.4 Å². The van der Waals surface area contributed by atoms with E-state index in [4.69, 9.17) is 21.4 Å². The molecule has 152 valence electrons. The fourth-order valence-electron chi connectivity index (χ4n) is 2.98. The van der Waals surface area contributed by atoms with Gasteiger partial charge in [-0.1, -0.05) is 17.7 Å². The van der Waals surface area contributed by atoms with Crippen LogP contribution in [0.25, 0.3) is 16.6 Å². The number of carbonyl (C=O) groups is 1. The highest BCUT2D eigenvalue weighted by molar-refractivity contribution is 6.35. The number of hydrogen-bond donors (Lipinski definition) is 2. The fourth-order valence-corrected chi connectivity index (χ4v) is 3.23. The van der Waals surface area contributed by atoms with Gasteiger partial charge in [0.15, 0.2) is 0 Å². The maximum absolute atomic E-state index is 13.4. The van der Waals surface area contributed by atoms with E-state index in [0.29, 0.717) is 0 Å². The first kappa shape index (κ1) is 20.5. The Morgan fingerprint density at radius 1 is 1.31 bits per heavy atom. The summed E-state index contributed by atoms with van der Waals surface area (Å²) in [6.45, 7) is 1.48. The van der Waals surface area contributed by atoms with Gasteiger partial charge >= 0.3 is 6.09 Å². The van der Waals surface area contributed by atoms with Crippen molar-refractivity contribution in [3.8, 4) is 11.4 Å². The molecule has 0 aliphatic rings. The van der Waals surface area contributed by atoms with Crippen molar-refractivity contribution >= 4 is 28.6 Å². The van der Waals surface area contributed by atoms with Gasteiger partial charge in [-0.25, -0.2) is 18.6 Å². The van der Waals surface area contributed by atoms with E-state index in [0.717, 1.165) is 16.7 Å². The Bertz CT molecular complexity index is 1150. The second kappa shape index (κ2) is 8.04. The Hall–Kier alpha value is -3.20. The molecule has 0 aliphatic heterocycles. The summed E-state index contributed by atoms with van der Waals surface area (Å²) in [5.74, 6) is 0.120. The molecule has 1 unspecified atom stereocenters. The summed E-state index contributed by atoms with van der Waals surface area (Å²) in [6.07, 6.45) is -4.14. The first-order chi connectivity index (χ1) is 13.7. The molecule has 1 heterocycles. The fraction of sp³-hybridized carbons (Fsp3) is 0.211. The van der Waals surface area contributed by atoms with Gasteiger partial charge in [-0.2, -0.15) is 0 Å². The Morgan fingerprint density at radius 3 is 2.66 bits per heavy atom. The molecule has 0 bridgehead atoms. The molecule has 0 saturated carbocycles. The Balaban J connectivity index is 2.40. The number of ether oxygens (including phenoxy) is 1. The second-order valence-corrected chi connectivity index (χ2v) is 6.59. The van der Waals surface area contributed by atoms with Crippen molar-refractivity contribution in [1.29, 1.82) is 0 Å². The van der Waals surface area contributed by atoms with Crippen LogP contribution in [-0.2, 0) is 0 Å². The zero-order valence-electron chi connectivity index (χ0n) is 15.3. The highest BCUT2D eigenvalue weighted by Gasteiger charge is 2.22. The SMILES string of the molecule is COc1cc(C(F)F)cc(-n2c(C(C)NC(=O)O)nc3cccc(Cl)c3c2=O)c1. The Labute approximate surface area is 168 Å². The molecule has 7 nitrogen and oxygen atoms in total. The first-order valence-electron chi connectivity index (χ1n) is 8.41. The monoisotopic (exact) mass is 423 g/mol. The molecule has 0 spiro atoms. The van der Waals surface area contributed by atoms with E-state index >= 15 is 0 Å². The Morgan fingerprint density at radius 2 is 2.03 bits per heavy atom. The van der Waals surface area contributed by atoms with E-state index in [2.05, 4.69) is 10.3 Å². The molecule has 0 saturated heterocycles. The molecule has 1 aromatic heterocycles. The number of alkyl halides is 2. The number of carboxylic acid groups (broad SMARTS) is 1. The van der Waals surface area contributed by atoms with Crippen LogP contribution < -0.4 is 15.6 Å². The van der Waals surface area contributed by atoms with E-state index in [1.165, 1.54) is 26.2 Å². The minimum atomic E-state index is -2.81. The van der Waals surface area contributed by atoms with Crippen LogP contribution in [0.4, 0.5) is 13.6 Å². The minimum Gasteiger partial charge on any atom is -0.497 e. The lowest BCUT2D eigenvalue weighted by atomic mass is 10.1. The zero-order valence-corrected chi connectivity index (χ0v) is 16.1. The largest absolute Gasteiger partial charge is 0.497 e. The summed E-state index contributed by atoms with van der Waals surface area (Å²) in [6, 6.07) is 7.39. The third kappa shape index (κ3) is 4.00. The maximum atomic E-state index is 13.4. The van der Waals surface area contributed by atoms with Crippen molar-refractivity contribution < 1.29 is 23.4 Å². The number of amides is 1. The predicted molar refractivity (Wildman–Crippen MR) is 103 cm³/mol. The maximum Gasteiger partial charge on any atom is 0.405 e. The van der Waals surface area contributed by atoms with Crippen molar-refractivity contribution in [2.24, 2.45) is 0 Å². The van der Waals surface area contributed by atoms with Gasteiger partial charge in [0, 0.05) is 11.6 Å². The molecule has 0 radical (unpaired) electrons. The molecule has 3 aromatic rings. The summed E-state index contributed by atoms with van der Waals surface area (Å²) in [5.41, 5.74) is -0.684. The quantitative estimate of drug-likeness (QED) is 0.637. The van der Waals surface area contributed by atoms with Crippen LogP contribution in [0.15, 0.2) is 41.2 Å². The lowest BCUT2D eigenvalue weighted by Crippen LogP contribution is -2.32. The van der Waals surface area contributed by atoms with Crippen molar-refractivity contribution in [3.05, 3.63) is 63.2 Å². The van der Waals surface area contributed by atoms with Gasteiger partial charge in [-0.05, 0) is 31.2 Å². The lowest BCUT2D eigenvalue weighted by molar-refractivity contribution is 0.151. The van der Waals surface area contributed by atoms with Gasteiger partial charge in [-0.15, -0.1) is 0 Å². The molecule has 2 aromatic carbocycles. The van der Waals surface area contributed by atoms with Gasteiger partial charge in [0.1, 0.15) is 11.6 Å². The van der Waals surface area contributed by atoms with Crippen molar-refractivity contribution in [3.63, 3.8) is 0 Å². The number of fused-ring (bicyclic) bond motifs is 1.